The zero-order chi connectivity index (χ0) is 12.9. The number of rotatable bonds is 6. The van der Waals surface area contributed by atoms with Gasteiger partial charge in [-0.2, -0.15) is 0 Å². The molecule has 0 amide bonds. The fourth-order valence-electron chi connectivity index (χ4n) is 1.23. The SMILES string of the molecule is CCS(=O)(=O)CCOc1cccc(Cl)c1CCl. The van der Waals surface area contributed by atoms with E-state index in [-0.39, 0.29) is 24.0 Å². The molecule has 0 unspecified atom stereocenters. The molecular weight excluding hydrogens is 283 g/mol. The van der Waals surface area contributed by atoms with Crippen LogP contribution in [0.3, 0.4) is 0 Å². The predicted octanol–water partition coefficient (Wildman–Crippen LogP) is 2.89. The van der Waals surface area contributed by atoms with Gasteiger partial charge in [0.25, 0.3) is 0 Å². The quantitative estimate of drug-likeness (QED) is 0.758. The summed E-state index contributed by atoms with van der Waals surface area (Å²) in [5.74, 6) is 0.889. The first-order valence-corrected chi connectivity index (χ1v) is 7.90. The van der Waals surface area contributed by atoms with Gasteiger partial charge in [0.1, 0.15) is 12.4 Å². The highest BCUT2D eigenvalue weighted by Crippen LogP contribution is 2.27. The molecule has 0 spiro atoms. The molecule has 17 heavy (non-hydrogen) atoms. The minimum absolute atomic E-state index is 0.00224. The minimum Gasteiger partial charge on any atom is -0.492 e. The number of ether oxygens (including phenoxy) is 1. The van der Waals surface area contributed by atoms with E-state index in [1.54, 1.807) is 25.1 Å². The van der Waals surface area contributed by atoms with Crippen molar-refractivity contribution in [2.45, 2.75) is 12.8 Å². The largest absolute Gasteiger partial charge is 0.492 e. The molecule has 1 aromatic carbocycles. The predicted molar refractivity (Wildman–Crippen MR) is 70.8 cm³/mol. The molecule has 3 nitrogen and oxygen atoms in total. The Kier molecular flexibility index (Phi) is 5.56. The third kappa shape index (κ3) is 4.37. The summed E-state index contributed by atoms with van der Waals surface area (Å²) in [6, 6.07) is 5.18. The molecule has 0 saturated heterocycles. The van der Waals surface area contributed by atoms with Gasteiger partial charge in [0, 0.05) is 16.3 Å². The Balaban J connectivity index is 2.67. The number of hydrogen-bond donors (Lipinski definition) is 0. The molecule has 0 aliphatic rings. The highest BCUT2D eigenvalue weighted by molar-refractivity contribution is 7.91. The lowest BCUT2D eigenvalue weighted by atomic mass is 10.2. The van der Waals surface area contributed by atoms with Gasteiger partial charge in [-0.3, -0.25) is 0 Å². The van der Waals surface area contributed by atoms with Gasteiger partial charge in [0.2, 0.25) is 0 Å². The smallest absolute Gasteiger partial charge is 0.153 e. The summed E-state index contributed by atoms with van der Waals surface area (Å²) >= 11 is 11.7. The van der Waals surface area contributed by atoms with Crippen LogP contribution in [-0.2, 0) is 15.7 Å². The Labute approximate surface area is 112 Å². The maximum atomic E-state index is 11.3. The fraction of sp³-hybridized carbons (Fsp3) is 0.455. The van der Waals surface area contributed by atoms with Gasteiger partial charge in [-0.05, 0) is 12.1 Å². The number of benzene rings is 1. The van der Waals surface area contributed by atoms with E-state index in [1.165, 1.54) is 0 Å². The van der Waals surface area contributed by atoms with E-state index in [9.17, 15) is 8.42 Å². The standard InChI is InChI=1S/C11H14Cl2O3S/c1-2-17(14,15)7-6-16-11-5-3-4-10(13)9(11)8-12/h3-5H,2,6-8H2,1H3. The van der Waals surface area contributed by atoms with Crippen LogP contribution in [0.15, 0.2) is 18.2 Å². The molecule has 0 aliphatic heterocycles. The highest BCUT2D eigenvalue weighted by atomic mass is 35.5. The zero-order valence-corrected chi connectivity index (χ0v) is 11.8. The van der Waals surface area contributed by atoms with Crippen molar-refractivity contribution < 1.29 is 13.2 Å². The third-order valence-electron chi connectivity index (χ3n) is 2.30. The molecule has 0 atom stereocenters. The molecule has 0 bridgehead atoms. The molecule has 0 aliphatic carbocycles. The minimum atomic E-state index is -3.01. The molecule has 1 aromatic rings. The summed E-state index contributed by atoms with van der Waals surface area (Å²) in [5.41, 5.74) is 0.685. The van der Waals surface area contributed by atoms with Crippen LogP contribution in [-0.4, -0.2) is 26.5 Å². The second-order valence-corrected chi connectivity index (χ2v) is 6.58. The molecule has 0 saturated carbocycles. The van der Waals surface area contributed by atoms with Crippen LogP contribution in [0.2, 0.25) is 5.02 Å². The van der Waals surface area contributed by atoms with Gasteiger partial charge in [-0.15, -0.1) is 11.6 Å². The second-order valence-electron chi connectivity index (χ2n) is 3.43. The van der Waals surface area contributed by atoms with Gasteiger partial charge in [-0.1, -0.05) is 24.6 Å². The monoisotopic (exact) mass is 296 g/mol. The fourth-order valence-corrected chi connectivity index (χ4v) is 2.43. The molecule has 0 heterocycles. The Morgan fingerprint density at radius 2 is 2.06 bits per heavy atom. The lowest BCUT2D eigenvalue weighted by molar-refractivity contribution is 0.338. The molecule has 0 aromatic heterocycles. The van der Waals surface area contributed by atoms with Crippen LogP contribution < -0.4 is 4.74 Å². The van der Waals surface area contributed by atoms with Gasteiger partial charge in [-0.25, -0.2) is 8.42 Å². The summed E-state index contributed by atoms with van der Waals surface area (Å²) in [6.07, 6.45) is 0. The van der Waals surface area contributed by atoms with Crippen LogP contribution in [0, 0.1) is 0 Å². The third-order valence-corrected chi connectivity index (χ3v) is 4.59. The van der Waals surface area contributed by atoms with Crippen molar-refractivity contribution in [3.05, 3.63) is 28.8 Å². The van der Waals surface area contributed by atoms with Crippen molar-refractivity contribution in [3.8, 4) is 5.75 Å². The van der Waals surface area contributed by atoms with Crippen molar-refractivity contribution in [1.29, 1.82) is 0 Å². The summed E-state index contributed by atoms with van der Waals surface area (Å²) in [5, 5.41) is 0.524. The van der Waals surface area contributed by atoms with E-state index in [1.807, 2.05) is 0 Å². The van der Waals surface area contributed by atoms with Crippen molar-refractivity contribution in [1.82, 2.24) is 0 Å². The molecule has 6 heteroatoms. The molecule has 0 radical (unpaired) electrons. The number of hydrogen-bond acceptors (Lipinski definition) is 3. The van der Waals surface area contributed by atoms with Gasteiger partial charge >= 0.3 is 0 Å². The van der Waals surface area contributed by atoms with Gasteiger partial charge < -0.3 is 4.74 Å². The van der Waals surface area contributed by atoms with Crippen molar-refractivity contribution in [2.75, 3.05) is 18.1 Å². The number of alkyl halides is 1. The van der Waals surface area contributed by atoms with E-state index in [2.05, 4.69) is 0 Å². The Morgan fingerprint density at radius 3 is 2.65 bits per heavy atom. The average Bonchev–Trinajstić information content (AvgIpc) is 2.29. The van der Waals surface area contributed by atoms with Crippen LogP contribution >= 0.6 is 23.2 Å². The summed E-state index contributed by atoms with van der Waals surface area (Å²) in [6.45, 7) is 1.72. The Hall–Kier alpha value is -0.450. The maximum Gasteiger partial charge on any atom is 0.153 e. The Bertz CT molecular complexity index is 472. The van der Waals surface area contributed by atoms with Crippen LogP contribution in [0.1, 0.15) is 12.5 Å². The number of halogens is 2. The van der Waals surface area contributed by atoms with Gasteiger partial charge in [0.05, 0.1) is 11.6 Å². The first-order valence-electron chi connectivity index (χ1n) is 5.16. The van der Waals surface area contributed by atoms with E-state index in [0.717, 1.165) is 0 Å². The van der Waals surface area contributed by atoms with E-state index in [0.29, 0.717) is 16.3 Å². The normalized spacial score (nSPS) is 11.5. The average molecular weight is 297 g/mol. The topological polar surface area (TPSA) is 43.4 Å². The first kappa shape index (κ1) is 14.6. The Morgan fingerprint density at radius 1 is 1.35 bits per heavy atom. The van der Waals surface area contributed by atoms with Gasteiger partial charge in [0.15, 0.2) is 9.84 Å². The van der Waals surface area contributed by atoms with Crippen molar-refractivity contribution in [3.63, 3.8) is 0 Å². The molecule has 96 valence electrons. The van der Waals surface area contributed by atoms with Crippen LogP contribution in [0.25, 0.3) is 0 Å². The summed E-state index contributed by atoms with van der Waals surface area (Å²) in [4.78, 5) is 0. The molecule has 0 fully saturated rings. The first-order chi connectivity index (χ1) is 8.00. The summed E-state index contributed by atoms with van der Waals surface area (Å²) in [7, 11) is -3.01. The summed E-state index contributed by atoms with van der Waals surface area (Å²) < 4.78 is 28.0. The van der Waals surface area contributed by atoms with E-state index >= 15 is 0 Å². The van der Waals surface area contributed by atoms with Crippen molar-refractivity contribution in [2.24, 2.45) is 0 Å². The lowest BCUT2D eigenvalue weighted by Gasteiger charge is -2.10. The van der Waals surface area contributed by atoms with Crippen LogP contribution in [0.5, 0.6) is 5.75 Å². The molecular formula is C11H14Cl2O3S. The molecule has 0 N–H and O–H groups in total. The van der Waals surface area contributed by atoms with Crippen molar-refractivity contribution >= 4 is 33.0 Å². The van der Waals surface area contributed by atoms with Crippen LogP contribution in [0.4, 0.5) is 0 Å². The van der Waals surface area contributed by atoms with E-state index in [4.69, 9.17) is 27.9 Å². The second kappa shape index (κ2) is 6.47. The maximum absolute atomic E-state index is 11.3. The zero-order valence-electron chi connectivity index (χ0n) is 9.45. The molecule has 1 rings (SSSR count). The highest BCUT2D eigenvalue weighted by Gasteiger charge is 2.10. The number of sulfone groups is 1. The van der Waals surface area contributed by atoms with E-state index < -0.39 is 9.84 Å². The lowest BCUT2D eigenvalue weighted by Crippen LogP contribution is -2.16.